The van der Waals surface area contributed by atoms with E-state index in [0.717, 1.165) is 49.4 Å². The number of para-hydroxylation sites is 2. The maximum atomic E-state index is 6.43. The van der Waals surface area contributed by atoms with Crippen molar-refractivity contribution >= 4 is 65.0 Å². The molecule has 0 atom stereocenters. The summed E-state index contributed by atoms with van der Waals surface area (Å²) in [5.41, 5.74) is 4.34. The summed E-state index contributed by atoms with van der Waals surface area (Å²) in [4.78, 5) is 15.4. The van der Waals surface area contributed by atoms with Crippen LogP contribution in [0.5, 0.6) is 0 Å². The van der Waals surface area contributed by atoms with Crippen LogP contribution in [0.25, 0.3) is 99.2 Å². The Morgan fingerprint density at radius 3 is 1.81 bits per heavy atom. The molecule has 0 radical (unpaired) electrons. The summed E-state index contributed by atoms with van der Waals surface area (Å²) in [6.45, 7) is 0. The van der Waals surface area contributed by atoms with E-state index in [-0.39, 0.29) is 0 Å². The molecule has 4 heteroatoms. The normalized spacial score (nSPS) is 11.8. The molecular weight excluding hydrogens is 574 g/mol. The van der Waals surface area contributed by atoms with Crippen molar-refractivity contribution in [3.8, 4) is 34.2 Å². The number of aromatic nitrogens is 3. The maximum Gasteiger partial charge on any atom is 0.167 e. The Kier molecular flexibility index (Phi) is 5.54. The third-order valence-electron chi connectivity index (χ3n) is 9.32. The van der Waals surface area contributed by atoms with Crippen LogP contribution in [0.1, 0.15) is 0 Å². The van der Waals surface area contributed by atoms with Gasteiger partial charge < -0.3 is 4.42 Å². The monoisotopic (exact) mass is 599 g/mol. The van der Waals surface area contributed by atoms with Gasteiger partial charge in [-0.15, -0.1) is 0 Å². The fourth-order valence-corrected chi connectivity index (χ4v) is 7.13. The molecule has 0 aliphatic rings. The molecule has 0 aliphatic heterocycles. The van der Waals surface area contributed by atoms with Crippen LogP contribution in [0.15, 0.2) is 156 Å². The molecule has 0 saturated carbocycles. The van der Waals surface area contributed by atoms with Gasteiger partial charge in [-0.3, -0.25) is 0 Å². The predicted octanol–water partition coefficient (Wildman–Crippen LogP) is 11.4. The summed E-state index contributed by atoms with van der Waals surface area (Å²) >= 11 is 0. The van der Waals surface area contributed by atoms with E-state index in [1.165, 1.54) is 32.3 Å². The van der Waals surface area contributed by atoms with Gasteiger partial charge in [-0.05, 0) is 49.8 Å². The zero-order chi connectivity index (χ0) is 30.9. The van der Waals surface area contributed by atoms with E-state index in [9.17, 15) is 0 Å². The van der Waals surface area contributed by atoms with Crippen LogP contribution in [0.4, 0.5) is 0 Å². The third-order valence-corrected chi connectivity index (χ3v) is 9.32. The molecule has 8 aromatic carbocycles. The highest BCUT2D eigenvalue weighted by Crippen LogP contribution is 2.40. The van der Waals surface area contributed by atoms with Gasteiger partial charge in [0.15, 0.2) is 17.5 Å². The second-order valence-electron chi connectivity index (χ2n) is 12.0. The van der Waals surface area contributed by atoms with Crippen molar-refractivity contribution in [2.45, 2.75) is 0 Å². The van der Waals surface area contributed by atoms with Crippen molar-refractivity contribution in [1.29, 1.82) is 0 Å². The van der Waals surface area contributed by atoms with Gasteiger partial charge in [-0.2, -0.15) is 0 Å². The minimum atomic E-state index is 0.577. The van der Waals surface area contributed by atoms with Crippen molar-refractivity contribution in [3.05, 3.63) is 152 Å². The fraction of sp³-hybridized carbons (Fsp3) is 0. The highest BCUT2D eigenvalue weighted by Gasteiger charge is 2.19. The van der Waals surface area contributed by atoms with Crippen LogP contribution >= 0.6 is 0 Å². The average Bonchev–Trinajstić information content (AvgIpc) is 3.53. The summed E-state index contributed by atoms with van der Waals surface area (Å²) in [5, 5.41) is 11.7. The number of furan rings is 1. The Morgan fingerprint density at radius 2 is 0.915 bits per heavy atom. The van der Waals surface area contributed by atoms with E-state index in [2.05, 4.69) is 91.0 Å². The first-order chi connectivity index (χ1) is 23.3. The van der Waals surface area contributed by atoms with E-state index in [1.54, 1.807) is 0 Å². The molecule has 10 aromatic rings. The highest BCUT2D eigenvalue weighted by molar-refractivity contribution is 6.24. The lowest BCUT2D eigenvalue weighted by Gasteiger charge is -2.14. The quantitative estimate of drug-likeness (QED) is 0.190. The molecule has 10 rings (SSSR count). The van der Waals surface area contributed by atoms with Crippen LogP contribution < -0.4 is 0 Å². The van der Waals surface area contributed by atoms with Gasteiger partial charge in [0.1, 0.15) is 11.2 Å². The van der Waals surface area contributed by atoms with Gasteiger partial charge in [0, 0.05) is 27.3 Å². The average molecular weight is 600 g/mol. The standard InChI is InChI=1S/C43H25N3O/c1-2-11-28(12-3-1)41-44-42(46-43(45-41)37-18-9-16-35-33-15-6-7-19-38(33)47-40(35)37)36-17-8-13-27-21-23-32-31-22-20-26-10-4-5-14-29(26)30(31)24-25-34(32)39(27)36/h1-25H. The lowest BCUT2D eigenvalue weighted by molar-refractivity contribution is 0.669. The molecule has 2 heterocycles. The molecule has 0 saturated heterocycles. The number of hydrogen-bond donors (Lipinski definition) is 0. The van der Waals surface area contributed by atoms with Crippen molar-refractivity contribution in [3.63, 3.8) is 0 Å². The van der Waals surface area contributed by atoms with Crippen LogP contribution in [-0.2, 0) is 0 Å². The maximum absolute atomic E-state index is 6.43. The fourth-order valence-electron chi connectivity index (χ4n) is 7.13. The minimum Gasteiger partial charge on any atom is -0.455 e. The Hall–Kier alpha value is -6.39. The predicted molar refractivity (Wildman–Crippen MR) is 193 cm³/mol. The molecule has 0 fully saturated rings. The summed E-state index contributed by atoms with van der Waals surface area (Å²) in [6, 6.07) is 52.8. The lowest BCUT2D eigenvalue weighted by atomic mass is 9.92. The van der Waals surface area contributed by atoms with Gasteiger partial charge in [0.05, 0.1) is 5.56 Å². The first kappa shape index (κ1) is 25.9. The van der Waals surface area contributed by atoms with E-state index in [1.807, 2.05) is 60.7 Å². The van der Waals surface area contributed by atoms with E-state index in [0.29, 0.717) is 17.5 Å². The van der Waals surface area contributed by atoms with Crippen LogP contribution in [0, 0.1) is 0 Å². The van der Waals surface area contributed by atoms with Gasteiger partial charge in [0.2, 0.25) is 0 Å². The number of benzene rings is 8. The van der Waals surface area contributed by atoms with Gasteiger partial charge in [-0.1, -0.05) is 140 Å². The number of rotatable bonds is 3. The molecule has 218 valence electrons. The lowest BCUT2D eigenvalue weighted by Crippen LogP contribution is -2.01. The summed E-state index contributed by atoms with van der Waals surface area (Å²) in [7, 11) is 0. The third kappa shape index (κ3) is 3.98. The number of nitrogens with zero attached hydrogens (tertiary/aromatic N) is 3. The van der Waals surface area contributed by atoms with Crippen molar-refractivity contribution in [2.24, 2.45) is 0 Å². The van der Waals surface area contributed by atoms with Gasteiger partial charge >= 0.3 is 0 Å². The van der Waals surface area contributed by atoms with E-state index >= 15 is 0 Å². The van der Waals surface area contributed by atoms with Crippen LogP contribution in [0.2, 0.25) is 0 Å². The topological polar surface area (TPSA) is 51.8 Å². The Bertz CT molecular complexity index is 2850. The second-order valence-corrected chi connectivity index (χ2v) is 12.0. The molecular formula is C43H25N3O. The molecule has 0 bridgehead atoms. The highest BCUT2D eigenvalue weighted by atomic mass is 16.3. The zero-order valence-electron chi connectivity index (χ0n) is 25.2. The molecule has 47 heavy (non-hydrogen) atoms. The molecule has 0 N–H and O–H groups in total. The Morgan fingerprint density at radius 1 is 0.340 bits per heavy atom. The van der Waals surface area contributed by atoms with E-state index < -0.39 is 0 Å². The first-order valence-corrected chi connectivity index (χ1v) is 15.8. The zero-order valence-corrected chi connectivity index (χ0v) is 25.2. The second kappa shape index (κ2) is 10.1. The van der Waals surface area contributed by atoms with Crippen LogP contribution in [0.3, 0.4) is 0 Å². The van der Waals surface area contributed by atoms with Crippen molar-refractivity contribution < 1.29 is 4.42 Å². The smallest absolute Gasteiger partial charge is 0.167 e. The first-order valence-electron chi connectivity index (χ1n) is 15.8. The minimum absolute atomic E-state index is 0.577. The van der Waals surface area contributed by atoms with Gasteiger partial charge in [-0.25, -0.2) is 15.0 Å². The molecule has 0 spiro atoms. The summed E-state index contributed by atoms with van der Waals surface area (Å²) in [5.74, 6) is 1.82. The van der Waals surface area contributed by atoms with Crippen LogP contribution in [-0.4, -0.2) is 15.0 Å². The number of fused-ring (bicyclic) bond motifs is 10. The van der Waals surface area contributed by atoms with Crippen molar-refractivity contribution in [2.75, 3.05) is 0 Å². The van der Waals surface area contributed by atoms with Crippen molar-refractivity contribution in [1.82, 2.24) is 15.0 Å². The summed E-state index contributed by atoms with van der Waals surface area (Å²) < 4.78 is 6.43. The Balaban J connectivity index is 1.27. The van der Waals surface area contributed by atoms with Gasteiger partial charge in [0.25, 0.3) is 0 Å². The SMILES string of the molecule is c1ccc(-c2nc(-c3cccc4c3oc3ccccc34)nc(-c3cccc4ccc5c6ccc7ccccc7c6ccc5c34)n2)cc1. The summed E-state index contributed by atoms with van der Waals surface area (Å²) in [6.07, 6.45) is 0. The molecule has 0 aliphatic carbocycles. The molecule has 0 unspecified atom stereocenters. The molecule has 2 aromatic heterocycles. The molecule has 0 amide bonds. The van der Waals surface area contributed by atoms with E-state index in [4.69, 9.17) is 19.4 Å². The molecule has 4 nitrogen and oxygen atoms in total. The Labute approximate surface area is 269 Å². The number of hydrogen-bond acceptors (Lipinski definition) is 4. The largest absolute Gasteiger partial charge is 0.455 e.